The summed E-state index contributed by atoms with van der Waals surface area (Å²) in [6.07, 6.45) is 0.341. The Bertz CT molecular complexity index is 447. The summed E-state index contributed by atoms with van der Waals surface area (Å²) in [6.45, 7) is 2.04. The van der Waals surface area contributed by atoms with Crippen molar-refractivity contribution in [3.63, 3.8) is 0 Å². The molecular formula is C11H11BrOS2. The second-order valence-electron chi connectivity index (χ2n) is 3.42. The molecule has 80 valence electrons. The number of hydrogen-bond acceptors (Lipinski definition) is 3. The molecule has 4 heteroatoms. The molecule has 2 aromatic rings. The van der Waals surface area contributed by atoms with Crippen LogP contribution in [0.4, 0.5) is 0 Å². The topological polar surface area (TPSA) is 20.2 Å². The van der Waals surface area contributed by atoms with Gasteiger partial charge < -0.3 is 5.11 Å². The van der Waals surface area contributed by atoms with E-state index in [1.54, 1.807) is 22.7 Å². The van der Waals surface area contributed by atoms with E-state index in [2.05, 4.69) is 22.0 Å². The number of thiophene rings is 2. The van der Waals surface area contributed by atoms with Crippen molar-refractivity contribution < 1.29 is 5.11 Å². The van der Waals surface area contributed by atoms with Crippen LogP contribution in [0.5, 0.6) is 0 Å². The van der Waals surface area contributed by atoms with Crippen molar-refractivity contribution in [2.24, 2.45) is 0 Å². The largest absolute Gasteiger partial charge is 0.387 e. The quantitative estimate of drug-likeness (QED) is 0.903. The highest BCUT2D eigenvalue weighted by molar-refractivity contribution is 9.10. The molecule has 0 aliphatic rings. The minimum atomic E-state index is -0.365. The summed E-state index contributed by atoms with van der Waals surface area (Å²) in [5.41, 5.74) is 1.18. The fourth-order valence-corrected chi connectivity index (χ4v) is 3.87. The van der Waals surface area contributed by atoms with E-state index in [0.29, 0.717) is 6.42 Å². The van der Waals surface area contributed by atoms with Gasteiger partial charge in [0.15, 0.2) is 0 Å². The van der Waals surface area contributed by atoms with Gasteiger partial charge in [0.05, 0.1) is 6.10 Å². The molecule has 0 saturated carbocycles. The first-order valence-electron chi connectivity index (χ1n) is 4.62. The molecule has 2 rings (SSSR count). The van der Waals surface area contributed by atoms with E-state index < -0.39 is 0 Å². The number of hydrogen-bond donors (Lipinski definition) is 1. The molecule has 1 unspecified atom stereocenters. The zero-order valence-corrected chi connectivity index (χ0v) is 11.5. The van der Waals surface area contributed by atoms with Gasteiger partial charge in [-0.15, -0.1) is 22.7 Å². The SMILES string of the molecule is Cc1ccsc1C(O)Cc1cc(Br)cs1. The Kier molecular flexibility index (Phi) is 3.61. The van der Waals surface area contributed by atoms with E-state index in [9.17, 15) is 5.11 Å². The fraction of sp³-hybridized carbons (Fsp3) is 0.273. The molecule has 0 aliphatic carbocycles. The Morgan fingerprint density at radius 3 is 2.80 bits per heavy atom. The summed E-state index contributed by atoms with van der Waals surface area (Å²) in [5.74, 6) is 0. The van der Waals surface area contributed by atoms with Gasteiger partial charge >= 0.3 is 0 Å². The molecule has 2 aromatic heterocycles. The number of aliphatic hydroxyl groups is 1. The molecule has 1 N–H and O–H groups in total. The lowest BCUT2D eigenvalue weighted by Gasteiger charge is -2.08. The molecule has 0 spiro atoms. The maximum absolute atomic E-state index is 10.1. The predicted molar refractivity (Wildman–Crippen MR) is 69.7 cm³/mol. The van der Waals surface area contributed by atoms with Crippen molar-refractivity contribution in [1.82, 2.24) is 0 Å². The highest BCUT2D eigenvalue weighted by Gasteiger charge is 2.13. The monoisotopic (exact) mass is 302 g/mol. The second kappa shape index (κ2) is 4.78. The number of rotatable bonds is 3. The summed E-state index contributed by atoms with van der Waals surface area (Å²) >= 11 is 6.72. The molecule has 1 atom stereocenters. The maximum Gasteiger partial charge on any atom is 0.0932 e. The van der Waals surface area contributed by atoms with E-state index in [-0.39, 0.29) is 6.10 Å². The van der Waals surface area contributed by atoms with Gasteiger partial charge in [-0.05, 0) is 45.9 Å². The minimum Gasteiger partial charge on any atom is -0.387 e. The van der Waals surface area contributed by atoms with E-state index in [4.69, 9.17) is 0 Å². The lowest BCUT2D eigenvalue weighted by atomic mass is 10.1. The third kappa shape index (κ3) is 2.69. The normalized spacial score (nSPS) is 13.0. The average molecular weight is 303 g/mol. The van der Waals surface area contributed by atoms with Gasteiger partial charge in [-0.2, -0.15) is 0 Å². The first-order valence-corrected chi connectivity index (χ1v) is 7.17. The first kappa shape index (κ1) is 11.3. The van der Waals surface area contributed by atoms with Crippen LogP contribution in [0, 0.1) is 6.92 Å². The Hall–Kier alpha value is -0.160. The van der Waals surface area contributed by atoms with E-state index in [0.717, 1.165) is 9.35 Å². The Labute approximate surface area is 106 Å². The standard InChI is InChI=1S/C11H11BrOS2/c1-7-2-3-14-11(7)10(13)5-9-4-8(12)6-15-9/h2-4,6,10,13H,5H2,1H3. The summed E-state index contributed by atoms with van der Waals surface area (Å²) in [4.78, 5) is 2.29. The Balaban J connectivity index is 2.10. The molecule has 0 amide bonds. The summed E-state index contributed by atoms with van der Waals surface area (Å²) in [7, 11) is 0. The third-order valence-electron chi connectivity index (χ3n) is 2.22. The highest BCUT2D eigenvalue weighted by atomic mass is 79.9. The van der Waals surface area contributed by atoms with Gasteiger partial charge in [-0.25, -0.2) is 0 Å². The molecule has 0 aliphatic heterocycles. The molecular weight excluding hydrogens is 292 g/mol. The van der Waals surface area contributed by atoms with Crippen LogP contribution in [0.25, 0.3) is 0 Å². The van der Waals surface area contributed by atoms with Crippen molar-refractivity contribution in [3.8, 4) is 0 Å². The molecule has 0 fully saturated rings. The molecule has 2 heterocycles. The lowest BCUT2D eigenvalue weighted by Crippen LogP contribution is -1.99. The molecule has 0 aromatic carbocycles. The Morgan fingerprint density at radius 2 is 2.27 bits per heavy atom. The van der Waals surface area contributed by atoms with Crippen LogP contribution in [0.1, 0.15) is 21.4 Å². The van der Waals surface area contributed by atoms with Crippen LogP contribution in [0.3, 0.4) is 0 Å². The molecule has 0 bridgehead atoms. The lowest BCUT2D eigenvalue weighted by molar-refractivity contribution is 0.182. The van der Waals surface area contributed by atoms with E-state index in [1.807, 2.05) is 23.8 Å². The van der Waals surface area contributed by atoms with Crippen LogP contribution >= 0.6 is 38.6 Å². The maximum atomic E-state index is 10.1. The van der Waals surface area contributed by atoms with E-state index >= 15 is 0 Å². The first-order chi connectivity index (χ1) is 7.16. The number of halogens is 1. The van der Waals surface area contributed by atoms with Crippen LogP contribution in [-0.4, -0.2) is 5.11 Å². The van der Waals surface area contributed by atoms with Crippen molar-refractivity contribution >= 4 is 38.6 Å². The number of aliphatic hydroxyl groups excluding tert-OH is 1. The summed E-state index contributed by atoms with van der Waals surface area (Å²) in [6, 6.07) is 4.12. The average Bonchev–Trinajstić information content (AvgIpc) is 2.75. The van der Waals surface area contributed by atoms with Crippen LogP contribution < -0.4 is 0 Å². The van der Waals surface area contributed by atoms with Crippen molar-refractivity contribution in [3.05, 3.63) is 42.7 Å². The minimum absolute atomic E-state index is 0.365. The van der Waals surface area contributed by atoms with Crippen molar-refractivity contribution in [2.45, 2.75) is 19.4 Å². The van der Waals surface area contributed by atoms with Gasteiger partial charge in [0.25, 0.3) is 0 Å². The molecule has 15 heavy (non-hydrogen) atoms. The van der Waals surface area contributed by atoms with Gasteiger partial charge in [0.1, 0.15) is 0 Å². The van der Waals surface area contributed by atoms with Crippen LogP contribution in [-0.2, 0) is 6.42 Å². The van der Waals surface area contributed by atoms with E-state index in [1.165, 1.54) is 10.4 Å². The zero-order valence-electron chi connectivity index (χ0n) is 8.24. The van der Waals surface area contributed by atoms with Gasteiger partial charge in [0, 0.05) is 26.0 Å². The Morgan fingerprint density at radius 1 is 1.47 bits per heavy atom. The second-order valence-corrected chi connectivity index (χ2v) is 6.28. The summed E-state index contributed by atoms with van der Waals surface area (Å²) in [5, 5.41) is 14.1. The fourth-order valence-electron chi connectivity index (χ4n) is 1.47. The molecule has 0 radical (unpaired) electrons. The molecule has 0 saturated heterocycles. The predicted octanol–water partition coefficient (Wildman–Crippen LogP) is 4.16. The number of aryl methyl sites for hydroxylation is 1. The van der Waals surface area contributed by atoms with Crippen LogP contribution in [0.15, 0.2) is 27.4 Å². The molecule has 1 nitrogen and oxygen atoms in total. The van der Waals surface area contributed by atoms with Crippen molar-refractivity contribution in [1.29, 1.82) is 0 Å². The van der Waals surface area contributed by atoms with Gasteiger partial charge in [-0.3, -0.25) is 0 Å². The smallest absolute Gasteiger partial charge is 0.0932 e. The van der Waals surface area contributed by atoms with Crippen LogP contribution in [0.2, 0.25) is 0 Å². The summed E-state index contributed by atoms with van der Waals surface area (Å²) < 4.78 is 1.10. The highest BCUT2D eigenvalue weighted by Crippen LogP contribution is 2.29. The van der Waals surface area contributed by atoms with Gasteiger partial charge in [0.2, 0.25) is 0 Å². The third-order valence-corrected chi connectivity index (χ3v) is 5.06. The van der Waals surface area contributed by atoms with Gasteiger partial charge in [-0.1, -0.05) is 0 Å². The zero-order chi connectivity index (χ0) is 10.8. The van der Waals surface area contributed by atoms with Crippen molar-refractivity contribution in [2.75, 3.05) is 0 Å².